The van der Waals surface area contributed by atoms with Crippen LogP contribution >= 0.6 is 23.2 Å². The molecule has 1 heterocycles. The highest BCUT2D eigenvalue weighted by molar-refractivity contribution is 6.41. The van der Waals surface area contributed by atoms with E-state index in [1.165, 1.54) is 0 Å². The molecule has 1 aromatic rings. The van der Waals surface area contributed by atoms with Gasteiger partial charge < -0.3 is 5.73 Å². The maximum absolute atomic E-state index is 5.71. The molecule has 1 atom stereocenters. The van der Waals surface area contributed by atoms with Crippen molar-refractivity contribution in [3.63, 3.8) is 0 Å². The molecule has 0 saturated carbocycles. The quantitative estimate of drug-likeness (QED) is 0.692. The van der Waals surface area contributed by atoms with Gasteiger partial charge in [-0.05, 0) is 18.6 Å². The minimum Gasteiger partial charge on any atom is -0.324 e. The number of rotatable bonds is 1. The summed E-state index contributed by atoms with van der Waals surface area (Å²) in [6, 6.07) is 1.67. The molecule has 2 nitrogen and oxygen atoms in total. The molecule has 0 fully saturated rings. The highest BCUT2D eigenvalue weighted by Gasteiger charge is 2.03. The van der Waals surface area contributed by atoms with Gasteiger partial charge in [0.2, 0.25) is 0 Å². The van der Waals surface area contributed by atoms with Gasteiger partial charge in [0.15, 0.2) is 0 Å². The average Bonchev–Trinajstić information content (AvgIpc) is 1.94. The van der Waals surface area contributed by atoms with Crippen molar-refractivity contribution in [2.45, 2.75) is 13.0 Å². The van der Waals surface area contributed by atoms with Crippen molar-refractivity contribution in [3.05, 3.63) is 28.0 Å². The summed E-state index contributed by atoms with van der Waals surface area (Å²) in [5.41, 5.74) is 6.48. The molecule has 11 heavy (non-hydrogen) atoms. The molecule has 0 aromatic carbocycles. The number of nitrogens with two attached hydrogens (primary N) is 1. The molecule has 0 aliphatic rings. The summed E-state index contributed by atoms with van der Waals surface area (Å²) < 4.78 is 0. The smallest absolute Gasteiger partial charge is 0.147 e. The van der Waals surface area contributed by atoms with Crippen LogP contribution in [0.25, 0.3) is 0 Å². The third-order valence-electron chi connectivity index (χ3n) is 1.34. The Bertz CT molecular complexity index is 261. The van der Waals surface area contributed by atoms with E-state index in [4.69, 9.17) is 28.9 Å². The first-order valence-corrected chi connectivity index (χ1v) is 3.93. The molecular formula is C7H8Cl2N2. The zero-order valence-corrected chi connectivity index (χ0v) is 7.52. The second-order valence-corrected chi connectivity index (χ2v) is 3.10. The molecule has 2 N–H and O–H groups in total. The number of nitrogens with zero attached hydrogens (tertiary/aromatic N) is 1. The van der Waals surface area contributed by atoms with Crippen LogP contribution in [0.5, 0.6) is 0 Å². The van der Waals surface area contributed by atoms with Crippen LogP contribution in [0.2, 0.25) is 10.2 Å². The third kappa shape index (κ3) is 2.06. The van der Waals surface area contributed by atoms with Crippen molar-refractivity contribution in [2.24, 2.45) is 5.73 Å². The Balaban J connectivity index is 3.05. The summed E-state index contributed by atoms with van der Waals surface area (Å²) in [6.07, 6.45) is 1.62. The number of pyridine rings is 1. The van der Waals surface area contributed by atoms with Crippen LogP contribution in [0.3, 0.4) is 0 Å². The maximum atomic E-state index is 5.71. The Hall–Kier alpha value is -0.310. The van der Waals surface area contributed by atoms with Gasteiger partial charge in [-0.3, -0.25) is 0 Å². The van der Waals surface area contributed by atoms with Gasteiger partial charge in [0.25, 0.3) is 0 Å². The predicted octanol–water partition coefficient (Wildman–Crippen LogP) is 2.41. The van der Waals surface area contributed by atoms with Gasteiger partial charge in [-0.25, -0.2) is 4.98 Å². The van der Waals surface area contributed by atoms with Crippen molar-refractivity contribution in [2.75, 3.05) is 0 Å². The van der Waals surface area contributed by atoms with E-state index in [1.807, 2.05) is 6.92 Å². The number of hydrogen-bond donors (Lipinski definition) is 1. The fourth-order valence-electron chi connectivity index (χ4n) is 0.685. The average molecular weight is 191 g/mol. The van der Waals surface area contributed by atoms with E-state index in [0.717, 1.165) is 5.56 Å². The van der Waals surface area contributed by atoms with E-state index in [0.29, 0.717) is 10.2 Å². The molecule has 60 valence electrons. The van der Waals surface area contributed by atoms with Gasteiger partial charge in [0.1, 0.15) is 5.15 Å². The van der Waals surface area contributed by atoms with E-state index in [-0.39, 0.29) is 6.04 Å². The molecule has 0 radical (unpaired) electrons. The molecule has 1 aromatic heterocycles. The van der Waals surface area contributed by atoms with Crippen molar-refractivity contribution >= 4 is 23.2 Å². The molecule has 0 bridgehead atoms. The molecule has 0 aliphatic heterocycles. The van der Waals surface area contributed by atoms with E-state index >= 15 is 0 Å². The normalized spacial score (nSPS) is 13.1. The first-order chi connectivity index (χ1) is 5.11. The van der Waals surface area contributed by atoms with E-state index in [2.05, 4.69) is 4.98 Å². The Morgan fingerprint density at radius 3 is 2.64 bits per heavy atom. The highest BCUT2D eigenvalue weighted by Crippen LogP contribution is 2.21. The van der Waals surface area contributed by atoms with Crippen molar-refractivity contribution in [3.8, 4) is 0 Å². The van der Waals surface area contributed by atoms with Gasteiger partial charge in [-0.1, -0.05) is 23.2 Å². The predicted molar refractivity (Wildman–Crippen MR) is 46.9 cm³/mol. The van der Waals surface area contributed by atoms with Crippen molar-refractivity contribution in [1.82, 2.24) is 4.98 Å². The molecule has 4 heteroatoms. The molecule has 0 aliphatic carbocycles. The standard InChI is InChI=1S/C7H8Cl2N2/c1-4(10)5-2-6(8)7(9)11-3-5/h2-4H,10H2,1H3. The summed E-state index contributed by atoms with van der Waals surface area (Å²) in [5.74, 6) is 0. The summed E-state index contributed by atoms with van der Waals surface area (Å²) in [4.78, 5) is 3.85. The topological polar surface area (TPSA) is 38.9 Å². The second kappa shape index (κ2) is 3.39. The van der Waals surface area contributed by atoms with Crippen LogP contribution < -0.4 is 5.73 Å². The Labute approximate surface area is 75.3 Å². The van der Waals surface area contributed by atoms with Crippen LogP contribution in [-0.4, -0.2) is 4.98 Å². The summed E-state index contributed by atoms with van der Waals surface area (Å²) in [6.45, 7) is 1.86. The lowest BCUT2D eigenvalue weighted by molar-refractivity contribution is 0.812. The molecule has 1 rings (SSSR count). The lowest BCUT2D eigenvalue weighted by Crippen LogP contribution is -2.05. The zero-order valence-electron chi connectivity index (χ0n) is 6.01. The summed E-state index contributed by atoms with van der Waals surface area (Å²) >= 11 is 11.3. The molecule has 1 unspecified atom stereocenters. The first-order valence-electron chi connectivity index (χ1n) is 3.18. The van der Waals surface area contributed by atoms with Gasteiger partial charge in [0, 0.05) is 12.2 Å². The van der Waals surface area contributed by atoms with Crippen molar-refractivity contribution in [1.29, 1.82) is 0 Å². The Morgan fingerprint density at radius 2 is 2.18 bits per heavy atom. The first kappa shape index (κ1) is 8.78. The van der Waals surface area contributed by atoms with Crippen LogP contribution in [0.4, 0.5) is 0 Å². The lowest BCUT2D eigenvalue weighted by Gasteiger charge is -2.04. The number of halogens is 2. The van der Waals surface area contributed by atoms with Gasteiger partial charge in [-0.2, -0.15) is 0 Å². The summed E-state index contributed by atoms with van der Waals surface area (Å²) in [7, 11) is 0. The van der Waals surface area contributed by atoms with Crippen LogP contribution in [0.1, 0.15) is 18.5 Å². The summed E-state index contributed by atoms with van der Waals surface area (Å²) in [5, 5.41) is 0.762. The SMILES string of the molecule is CC(N)c1cnc(Cl)c(Cl)c1. The van der Waals surface area contributed by atoms with E-state index < -0.39 is 0 Å². The molecule has 0 spiro atoms. The second-order valence-electron chi connectivity index (χ2n) is 2.33. The minimum absolute atomic E-state index is 0.0581. The van der Waals surface area contributed by atoms with E-state index in [9.17, 15) is 0 Å². The third-order valence-corrected chi connectivity index (χ3v) is 2.03. The van der Waals surface area contributed by atoms with Crippen LogP contribution in [0, 0.1) is 0 Å². The highest BCUT2D eigenvalue weighted by atomic mass is 35.5. The van der Waals surface area contributed by atoms with Gasteiger partial charge in [-0.15, -0.1) is 0 Å². The van der Waals surface area contributed by atoms with E-state index in [1.54, 1.807) is 12.3 Å². The van der Waals surface area contributed by atoms with Gasteiger partial charge in [0.05, 0.1) is 5.02 Å². The number of hydrogen-bond acceptors (Lipinski definition) is 2. The maximum Gasteiger partial charge on any atom is 0.147 e. The largest absolute Gasteiger partial charge is 0.324 e. The zero-order chi connectivity index (χ0) is 8.43. The van der Waals surface area contributed by atoms with Crippen LogP contribution in [0.15, 0.2) is 12.3 Å². The monoisotopic (exact) mass is 190 g/mol. The Morgan fingerprint density at radius 1 is 1.55 bits per heavy atom. The van der Waals surface area contributed by atoms with Crippen molar-refractivity contribution < 1.29 is 0 Å². The Kier molecular flexibility index (Phi) is 2.71. The fourth-order valence-corrected chi connectivity index (χ4v) is 0.963. The minimum atomic E-state index is -0.0581. The molecule has 0 amide bonds. The van der Waals surface area contributed by atoms with Crippen LogP contribution in [-0.2, 0) is 0 Å². The van der Waals surface area contributed by atoms with Gasteiger partial charge >= 0.3 is 0 Å². The molecule has 0 saturated heterocycles. The molecular weight excluding hydrogens is 183 g/mol. The number of aromatic nitrogens is 1. The lowest BCUT2D eigenvalue weighted by atomic mass is 10.2. The fraction of sp³-hybridized carbons (Fsp3) is 0.286.